The number of esters is 1. The maximum absolute atomic E-state index is 12.2. The molecule has 1 N–H and O–H groups in total. The summed E-state index contributed by atoms with van der Waals surface area (Å²) in [6, 6.07) is 7.57. The van der Waals surface area contributed by atoms with Crippen molar-refractivity contribution in [2.75, 3.05) is 0 Å². The standard InChI is InChI=1S/C17H21NO3/c1-11-6-8-12(9-7-11)18-16(19)10-15-13-4-2-3-5-14(13)17(20)21-15/h2-5,11-12,15H,6-10H2,1H3,(H,18,19)/t11?,12?,15-/m0/s1. The van der Waals surface area contributed by atoms with Crippen LogP contribution in [-0.4, -0.2) is 17.9 Å². The summed E-state index contributed by atoms with van der Waals surface area (Å²) in [5.41, 5.74) is 1.41. The minimum Gasteiger partial charge on any atom is -0.453 e. The number of hydrogen-bond donors (Lipinski definition) is 1. The molecule has 1 fully saturated rings. The maximum atomic E-state index is 12.2. The zero-order valence-corrected chi connectivity index (χ0v) is 12.3. The summed E-state index contributed by atoms with van der Waals surface area (Å²) in [6.45, 7) is 2.26. The number of carbonyl (C=O) groups is 2. The lowest BCUT2D eigenvalue weighted by Crippen LogP contribution is -2.37. The normalized spacial score (nSPS) is 27.9. The molecule has 0 unspecified atom stereocenters. The minimum absolute atomic E-state index is 0.0240. The fraction of sp³-hybridized carbons (Fsp3) is 0.529. The Kier molecular flexibility index (Phi) is 3.95. The number of hydrogen-bond acceptors (Lipinski definition) is 3. The maximum Gasteiger partial charge on any atom is 0.339 e. The fourth-order valence-electron chi connectivity index (χ4n) is 3.23. The van der Waals surface area contributed by atoms with Gasteiger partial charge in [0, 0.05) is 11.6 Å². The molecule has 1 aliphatic heterocycles. The topological polar surface area (TPSA) is 55.4 Å². The first-order valence-electron chi connectivity index (χ1n) is 7.72. The lowest BCUT2D eigenvalue weighted by Gasteiger charge is -2.27. The molecule has 3 rings (SSSR count). The van der Waals surface area contributed by atoms with Crippen LogP contribution >= 0.6 is 0 Å². The molecule has 1 atom stereocenters. The van der Waals surface area contributed by atoms with Gasteiger partial charge in [-0.1, -0.05) is 25.1 Å². The first kappa shape index (κ1) is 14.1. The van der Waals surface area contributed by atoms with E-state index in [1.54, 1.807) is 6.07 Å². The largest absolute Gasteiger partial charge is 0.453 e. The van der Waals surface area contributed by atoms with Gasteiger partial charge < -0.3 is 10.1 Å². The zero-order chi connectivity index (χ0) is 14.8. The predicted octanol–water partition coefficient (Wildman–Crippen LogP) is 2.98. The van der Waals surface area contributed by atoms with Gasteiger partial charge >= 0.3 is 5.97 Å². The van der Waals surface area contributed by atoms with Gasteiger partial charge in [-0.3, -0.25) is 4.79 Å². The molecular formula is C17H21NO3. The monoisotopic (exact) mass is 287 g/mol. The number of cyclic esters (lactones) is 1. The highest BCUT2D eigenvalue weighted by atomic mass is 16.5. The van der Waals surface area contributed by atoms with E-state index in [-0.39, 0.29) is 24.3 Å². The van der Waals surface area contributed by atoms with Crippen LogP contribution < -0.4 is 5.32 Å². The summed E-state index contributed by atoms with van der Waals surface area (Å²) in [6.07, 6.45) is 4.23. The van der Waals surface area contributed by atoms with Crippen LogP contribution in [0.1, 0.15) is 61.1 Å². The van der Waals surface area contributed by atoms with Gasteiger partial charge in [-0.05, 0) is 37.7 Å². The Bertz CT molecular complexity index is 547. The van der Waals surface area contributed by atoms with Gasteiger partial charge in [-0.2, -0.15) is 0 Å². The Labute approximate surface area is 124 Å². The summed E-state index contributed by atoms with van der Waals surface area (Å²) in [5.74, 6) is 0.416. The lowest BCUT2D eigenvalue weighted by atomic mass is 9.87. The van der Waals surface area contributed by atoms with E-state index in [2.05, 4.69) is 12.2 Å². The predicted molar refractivity (Wildman–Crippen MR) is 78.8 cm³/mol. The molecule has 0 aromatic heterocycles. The molecule has 1 heterocycles. The molecule has 0 radical (unpaired) electrons. The van der Waals surface area contributed by atoms with Crippen molar-refractivity contribution in [3.05, 3.63) is 35.4 Å². The van der Waals surface area contributed by atoms with Gasteiger partial charge in [0.1, 0.15) is 6.10 Å². The highest BCUT2D eigenvalue weighted by Gasteiger charge is 2.32. The Morgan fingerprint density at radius 2 is 1.95 bits per heavy atom. The molecule has 1 amide bonds. The SMILES string of the molecule is CC1CCC(NC(=O)C[C@@H]2OC(=O)c3ccccc32)CC1. The summed E-state index contributed by atoms with van der Waals surface area (Å²) in [7, 11) is 0. The second-order valence-corrected chi connectivity index (χ2v) is 6.21. The third-order valence-corrected chi connectivity index (χ3v) is 4.53. The Morgan fingerprint density at radius 3 is 2.71 bits per heavy atom. The third kappa shape index (κ3) is 3.09. The van der Waals surface area contributed by atoms with E-state index in [9.17, 15) is 9.59 Å². The van der Waals surface area contributed by atoms with Gasteiger partial charge in [0.15, 0.2) is 0 Å². The second kappa shape index (κ2) is 5.88. The summed E-state index contributed by atoms with van der Waals surface area (Å²) >= 11 is 0. The number of nitrogens with one attached hydrogen (secondary N) is 1. The molecule has 0 spiro atoms. The van der Waals surface area contributed by atoms with Crippen molar-refractivity contribution < 1.29 is 14.3 Å². The van der Waals surface area contributed by atoms with E-state index < -0.39 is 6.10 Å². The highest BCUT2D eigenvalue weighted by molar-refractivity contribution is 5.94. The Hall–Kier alpha value is -1.84. The molecule has 1 saturated carbocycles. The van der Waals surface area contributed by atoms with Crippen molar-refractivity contribution >= 4 is 11.9 Å². The number of ether oxygens (including phenoxy) is 1. The van der Waals surface area contributed by atoms with E-state index in [1.807, 2.05) is 18.2 Å². The van der Waals surface area contributed by atoms with E-state index >= 15 is 0 Å². The summed E-state index contributed by atoms with van der Waals surface area (Å²) in [5, 5.41) is 3.08. The molecule has 2 aliphatic rings. The molecule has 1 aromatic rings. The molecular weight excluding hydrogens is 266 g/mol. The first-order valence-corrected chi connectivity index (χ1v) is 7.72. The average molecular weight is 287 g/mol. The van der Waals surface area contributed by atoms with E-state index in [0.717, 1.165) is 24.3 Å². The van der Waals surface area contributed by atoms with Crippen LogP contribution in [0.2, 0.25) is 0 Å². The van der Waals surface area contributed by atoms with E-state index in [0.29, 0.717) is 5.56 Å². The Balaban J connectivity index is 1.58. The van der Waals surface area contributed by atoms with Gasteiger partial charge in [-0.25, -0.2) is 4.79 Å². The smallest absolute Gasteiger partial charge is 0.339 e. The van der Waals surface area contributed by atoms with Crippen LogP contribution in [0, 0.1) is 5.92 Å². The zero-order valence-electron chi connectivity index (χ0n) is 12.3. The number of fused-ring (bicyclic) bond motifs is 1. The quantitative estimate of drug-likeness (QED) is 0.870. The van der Waals surface area contributed by atoms with Crippen LogP contribution in [-0.2, 0) is 9.53 Å². The lowest BCUT2D eigenvalue weighted by molar-refractivity contribution is -0.124. The van der Waals surface area contributed by atoms with Gasteiger partial charge in [0.2, 0.25) is 5.91 Å². The third-order valence-electron chi connectivity index (χ3n) is 4.53. The molecule has 1 aromatic carbocycles. The van der Waals surface area contributed by atoms with Crippen LogP contribution in [0.25, 0.3) is 0 Å². The first-order chi connectivity index (χ1) is 10.1. The molecule has 0 saturated heterocycles. The Morgan fingerprint density at radius 1 is 1.24 bits per heavy atom. The van der Waals surface area contributed by atoms with Crippen LogP contribution in [0.5, 0.6) is 0 Å². The molecule has 4 heteroatoms. The molecule has 21 heavy (non-hydrogen) atoms. The van der Waals surface area contributed by atoms with Crippen molar-refractivity contribution in [1.82, 2.24) is 5.32 Å². The second-order valence-electron chi connectivity index (χ2n) is 6.21. The van der Waals surface area contributed by atoms with Crippen molar-refractivity contribution in [3.63, 3.8) is 0 Å². The number of rotatable bonds is 3. The molecule has 112 valence electrons. The summed E-state index contributed by atoms with van der Waals surface area (Å²) < 4.78 is 5.31. The van der Waals surface area contributed by atoms with Crippen LogP contribution in [0.3, 0.4) is 0 Å². The minimum atomic E-state index is -0.434. The average Bonchev–Trinajstić information content (AvgIpc) is 2.78. The van der Waals surface area contributed by atoms with Crippen molar-refractivity contribution in [2.24, 2.45) is 5.92 Å². The number of benzene rings is 1. The van der Waals surface area contributed by atoms with Crippen LogP contribution in [0.4, 0.5) is 0 Å². The molecule has 0 bridgehead atoms. The van der Waals surface area contributed by atoms with Crippen LogP contribution in [0.15, 0.2) is 24.3 Å². The van der Waals surface area contributed by atoms with Crippen molar-refractivity contribution in [1.29, 1.82) is 0 Å². The van der Waals surface area contributed by atoms with E-state index in [1.165, 1.54) is 12.8 Å². The number of amides is 1. The van der Waals surface area contributed by atoms with Crippen molar-refractivity contribution in [2.45, 2.75) is 51.2 Å². The molecule has 1 aliphatic carbocycles. The summed E-state index contributed by atoms with van der Waals surface area (Å²) in [4.78, 5) is 23.9. The fourth-order valence-corrected chi connectivity index (χ4v) is 3.23. The number of carbonyl (C=O) groups excluding carboxylic acids is 2. The highest BCUT2D eigenvalue weighted by Crippen LogP contribution is 2.33. The molecule has 4 nitrogen and oxygen atoms in total. The van der Waals surface area contributed by atoms with Gasteiger partial charge in [0.25, 0.3) is 0 Å². The van der Waals surface area contributed by atoms with Gasteiger partial charge in [-0.15, -0.1) is 0 Å². The van der Waals surface area contributed by atoms with Gasteiger partial charge in [0.05, 0.1) is 12.0 Å². The van der Waals surface area contributed by atoms with E-state index in [4.69, 9.17) is 4.74 Å². The van der Waals surface area contributed by atoms with Crippen molar-refractivity contribution in [3.8, 4) is 0 Å².